The van der Waals surface area contributed by atoms with Gasteiger partial charge in [0.2, 0.25) is 0 Å². The van der Waals surface area contributed by atoms with E-state index in [-0.39, 0.29) is 0 Å². The Kier molecular flexibility index (Phi) is 11.0. The fourth-order valence-corrected chi connectivity index (χ4v) is 9.50. The second-order valence-corrected chi connectivity index (χ2v) is 16.7. The molecule has 10 rings (SSSR count). The van der Waals surface area contributed by atoms with Gasteiger partial charge in [0.05, 0.1) is 17.1 Å². The lowest BCUT2D eigenvalue weighted by atomic mass is 9.86. The number of allylic oxidation sites excluding steroid dienone is 6. The van der Waals surface area contributed by atoms with Crippen molar-refractivity contribution in [3.05, 3.63) is 181 Å². The van der Waals surface area contributed by atoms with Crippen molar-refractivity contribution >= 4 is 16.7 Å². The van der Waals surface area contributed by atoms with Crippen LogP contribution in [0.2, 0.25) is 0 Å². The third kappa shape index (κ3) is 7.97. The Morgan fingerprint density at radius 1 is 0.283 bits per heavy atom. The van der Waals surface area contributed by atoms with E-state index >= 15 is 0 Å². The Balaban J connectivity index is 1.10. The van der Waals surface area contributed by atoms with Crippen molar-refractivity contribution in [3.8, 4) is 66.8 Å². The quantitative estimate of drug-likeness (QED) is 0.147. The molecule has 0 radical (unpaired) electrons. The summed E-state index contributed by atoms with van der Waals surface area (Å²) in [5.41, 5.74) is 21.4. The molecule has 3 heterocycles. The Bertz CT molecular complexity index is 2420. The normalized spacial score (nSPS) is 15.5. The first-order valence-corrected chi connectivity index (χ1v) is 22.2. The maximum absolute atomic E-state index is 5.02. The van der Waals surface area contributed by atoms with E-state index in [1.807, 2.05) is 0 Å². The molecule has 0 N–H and O–H groups in total. The van der Waals surface area contributed by atoms with Crippen LogP contribution in [0.5, 0.6) is 0 Å². The van der Waals surface area contributed by atoms with E-state index in [0.29, 0.717) is 0 Å². The first-order chi connectivity index (χ1) is 29.7. The first-order valence-electron chi connectivity index (χ1n) is 22.2. The number of benzene rings is 4. The monoisotopic (exact) mass is 777 g/mol. The molecule has 4 aromatic carbocycles. The third-order valence-corrected chi connectivity index (χ3v) is 12.7. The molecule has 0 aliphatic heterocycles. The lowest BCUT2D eigenvalue weighted by Crippen LogP contribution is -1.96. The minimum atomic E-state index is 1.10. The highest BCUT2D eigenvalue weighted by atomic mass is 14.7. The summed E-state index contributed by atoms with van der Waals surface area (Å²) in [5.74, 6) is 0. The molecule has 3 heteroatoms. The first kappa shape index (κ1) is 37.8. The van der Waals surface area contributed by atoms with Gasteiger partial charge in [0.15, 0.2) is 0 Å². The number of nitrogens with zero attached hydrogens (tertiary/aromatic N) is 3. The zero-order chi connectivity index (χ0) is 40.1. The van der Waals surface area contributed by atoms with Crippen LogP contribution in [0.3, 0.4) is 0 Å². The van der Waals surface area contributed by atoms with E-state index in [1.165, 1.54) is 88.6 Å². The van der Waals surface area contributed by atoms with Gasteiger partial charge in [-0.25, -0.2) is 0 Å². The maximum Gasteiger partial charge on any atom is 0.0658 e. The molecular formula is C57H51N3. The Morgan fingerprint density at radius 2 is 0.567 bits per heavy atom. The van der Waals surface area contributed by atoms with Gasteiger partial charge in [0.1, 0.15) is 0 Å². The number of pyridine rings is 3. The van der Waals surface area contributed by atoms with Crippen molar-refractivity contribution in [1.29, 1.82) is 0 Å². The van der Waals surface area contributed by atoms with Gasteiger partial charge in [0.25, 0.3) is 0 Å². The third-order valence-electron chi connectivity index (χ3n) is 12.7. The summed E-state index contributed by atoms with van der Waals surface area (Å²) in [7, 11) is 0. The fourth-order valence-electron chi connectivity index (χ4n) is 9.50. The van der Waals surface area contributed by atoms with E-state index in [9.17, 15) is 0 Å². The highest BCUT2D eigenvalue weighted by Gasteiger charge is 2.18. The second kappa shape index (κ2) is 17.4. The van der Waals surface area contributed by atoms with Crippen LogP contribution in [0.25, 0.3) is 83.5 Å². The van der Waals surface area contributed by atoms with Crippen LogP contribution in [-0.4, -0.2) is 15.0 Å². The summed E-state index contributed by atoms with van der Waals surface area (Å²) in [6.07, 6.45) is 27.6. The van der Waals surface area contributed by atoms with Gasteiger partial charge in [-0.2, -0.15) is 0 Å². The van der Waals surface area contributed by atoms with Gasteiger partial charge in [-0.05, 0) is 180 Å². The van der Waals surface area contributed by atoms with E-state index < -0.39 is 0 Å². The van der Waals surface area contributed by atoms with Gasteiger partial charge in [-0.3, -0.25) is 15.0 Å². The predicted octanol–water partition coefficient (Wildman–Crippen LogP) is 15.7. The fraction of sp³-hybridized carbons (Fsp3) is 0.211. The molecule has 0 spiro atoms. The van der Waals surface area contributed by atoms with Crippen LogP contribution in [0.1, 0.15) is 94.1 Å². The molecule has 3 aliphatic carbocycles. The van der Waals surface area contributed by atoms with Crippen LogP contribution in [-0.2, 0) is 0 Å². The van der Waals surface area contributed by atoms with Gasteiger partial charge >= 0.3 is 0 Å². The van der Waals surface area contributed by atoms with E-state index in [4.69, 9.17) is 15.0 Å². The summed E-state index contributed by atoms with van der Waals surface area (Å²) in [4.78, 5) is 15.1. The van der Waals surface area contributed by atoms with Crippen LogP contribution in [0.4, 0.5) is 0 Å². The largest absolute Gasteiger partial charge is 0.256 e. The van der Waals surface area contributed by atoms with Crippen LogP contribution >= 0.6 is 0 Å². The molecule has 294 valence electrons. The smallest absolute Gasteiger partial charge is 0.0658 e. The lowest BCUT2D eigenvalue weighted by molar-refractivity contribution is 0.740. The highest BCUT2D eigenvalue weighted by Crippen LogP contribution is 2.42. The average molecular weight is 778 g/mol. The summed E-state index contributed by atoms with van der Waals surface area (Å²) >= 11 is 0. The number of hydrogen-bond acceptors (Lipinski definition) is 3. The molecule has 3 nitrogen and oxygen atoms in total. The van der Waals surface area contributed by atoms with Crippen LogP contribution in [0.15, 0.2) is 164 Å². The van der Waals surface area contributed by atoms with Crippen molar-refractivity contribution in [1.82, 2.24) is 15.0 Å². The summed E-state index contributed by atoms with van der Waals surface area (Å²) in [6.45, 7) is 0. The lowest BCUT2D eigenvalue weighted by Gasteiger charge is -2.18. The Morgan fingerprint density at radius 3 is 0.800 bits per heavy atom. The van der Waals surface area contributed by atoms with E-state index in [2.05, 4.69) is 164 Å². The standard InChI is InChI=1S/C57H51N3/c1-4-16-40(17-5-1)55-31-28-43(37-58-55)49-22-10-13-25-52(49)46-34-47(53-26-14-11-23-50(53)44-29-32-56(59-38-44)41-18-6-2-7-19-41)36-48(35-46)54-27-15-12-24-51(54)45-30-33-57(60-39-45)42-20-8-3-9-21-42/h10-16,18,20,22-39H,1-9,17,19,21H2. The summed E-state index contributed by atoms with van der Waals surface area (Å²) in [5, 5.41) is 0. The zero-order valence-corrected chi connectivity index (χ0v) is 34.4. The van der Waals surface area contributed by atoms with Crippen molar-refractivity contribution in [3.63, 3.8) is 0 Å². The van der Waals surface area contributed by atoms with Gasteiger partial charge in [-0.1, -0.05) is 109 Å². The predicted molar refractivity (Wildman–Crippen MR) is 252 cm³/mol. The molecule has 60 heavy (non-hydrogen) atoms. The van der Waals surface area contributed by atoms with Crippen LogP contribution < -0.4 is 0 Å². The average Bonchev–Trinajstić information content (AvgIpc) is 3.35. The molecule has 0 saturated carbocycles. The van der Waals surface area contributed by atoms with Crippen molar-refractivity contribution in [2.45, 2.75) is 77.0 Å². The molecular weight excluding hydrogens is 727 g/mol. The van der Waals surface area contributed by atoms with Crippen molar-refractivity contribution in [2.75, 3.05) is 0 Å². The summed E-state index contributed by atoms with van der Waals surface area (Å²) < 4.78 is 0. The molecule has 0 saturated heterocycles. The van der Waals surface area contributed by atoms with Crippen LogP contribution in [0, 0.1) is 0 Å². The molecule has 0 atom stereocenters. The molecule has 3 aliphatic rings. The SMILES string of the molecule is C1=C(c2ccc(-c3ccccc3-c3cc(-c4ccccc4-c4ccc(C5=CCCCC5)nc4)cc(-c4ccccc4-c4ccc(C5=CCCCC5)nc4)c3)cn2)CCCC1. The minimum Gasteiger partial charge on any atom is -0.256 e. The number of rotatable bonds is 9. The molecule has 0 amide bonds. The van der Waals surface area contributed by atoms with Gasteiger partial charge in [-0.15, -0.1) is 0 Å². The minimum absolute atomic E-state index is 1.10. The second-order valence-electron chi connectivity index (χ2n) is 16.7. The molecule has 0 bridgehead atoms. The molecule has 3 aromatic heterocycles. The van der Waals surface area contributed by atoms with Gasteiger partial charge < -0.3 is 0 Å². The van der Waals surface area contributed by atoms with Gasteiger partial charge in [0, 0.05) is 35.3 Å². The molecule has 0 unspecified atom stereocenters. The molecule has 0 fully saturated rings. The van der Waals surface area contributed by atoms with Crippen molar-refractivity contribution < 1.29 is 0 Å². The Hall–Kier alpha value is -6.45. The number of hydrogen-bond donors (Lipinski definition) is 0. The topological polar surface area (TPSA) is 38.7 Å². The van der Waals surface area contributed by atoms with E-state index in [1.54, 1.807) is 0 Å². The van der Waals surface area contributed by atoms with Crippen molar-refractivity contribution in [2.24, 2.45) is 0 Å². The zero-order valence-electron chi connectivity index (χ0n) is 34.4. The number of aromatic nitrogens is 3. The van der Waals surface area contributed by atoms with E-state index in [0.717, 1.165) is 89.0 Å². The Labute approximate surface area is 355 Å². The maximum atomic E-state index is 5.02. The molecule has 7 aromatic rings. The highest BCUT2D eigenvalue weighted by molar-refractivity contribution is 5.94. The summed E-state index contributed by atoms with van der Waals surface area (Å²) in [6, 6.07) is 47.0.